The van der Waals surface area contributed by atoms with Gasteiger partial charge in [0.25, 0.3) is 0 Å². The van der Waals surface area contributed by atoms with E-state index in [0.29, 0.717) is 0 Å². The maximum atomic E-state index is 11.8. The van der Waals surface area contributed by atoms with Gasteiger partial charge in [0, 0.05) is 81.3 Å². The minimum atomic E-state index is -1.20. The SMILES string of the molecule is N[C@H](CCC(=O)N[C@H](Cc1c[nH]c2ccccc12)C(=O)O)C(=O)O.[K]. The van der Waals surface area contributed by atoms with Gasteiger partial charge in [0.2, 0.25) is 5.91 Å². The Morgan fingerprint density at radius 2 is 1.84 bits per heavy atom. The van der Waals surface area contributed by atoms with Gasteiger partial charge in [0.15, 0.2) is 0 Å². The molecule has 9 heteroatoms. The molecule has 6 N–H and O–H groups in total. The fourth-order valence-corrected chi connectivity index (χ4v) is 2.40. The Morgan fingerprint density at radius 1 is 1.16 bits per heavy atom. The molecule has 2 rings (SSSR count). The van der Waals surface area contributed by atoms with Crippen LogP contribution in [-0.4, -0.2) is 96.5 Å². The molecule has 0 fully saturated rings. The third-order valence-electron chi connectivity index (χ3n) is 3.73. The van der Waals surface area contributed by atoms with E-state index in [0.717, 1.165) is 16.5 Å². The largest absolute Gasteiger partial charge is 0.480 e. The van der Waals surface area contributed by atoms with E-state index in [4.69, 9.17) is 10.8 Å². The summed E-state index contributed by atoms with van der Waals surface area (Å²) in [5.41, 5.74) is 6.99. The van der Waals surface area contributed by atoms with Crippen LogP contribution in [-0.2, 0) is 20.8 Å². The van der Waals surface area contributed by atoms with E-state index >= 15 is 0 Å². The first-order valence-corrected chi connectivity index (χ1v) is 7.44. The number of carbonyl (C=O) groups excluding carboxylic acids is 1. The number of aromatic nitrogens is 1. The zero-order valence-electron chi connectivity index (χ0n) is 13.9. The minimum Gasteiger partial charge on any atom is -0.480 e. The van der Waals surface area contributed by atoms with Crippen LogP contribution in [0.1, 0.15) is 18.4 Å². The molecule has 2 atom stereocenters. The number of fused-ring (bicyclic) bond motifs is 1. The molecule has 2 aromatic rings. The average molecular weight is 372 g/mol. The van der Waals surface area contributed by atoms with E-state index in [1.807, 2.05) is 24.3 Å². The van der Waals surface area contributed by atoms with E-state index in [-0.39, 0.29) is 70.6 Å². The Labute approximate surface area is 186 Å². The third-order valence-corrected chi connectivity index (χ3v) is 3.73. The molecule has 0 aliphatic heterocycles. The molecule has 0 bridgehead atoms. The van der Waals surface area contributed by atoms with Crippen molar-refractivity contribution in [2.24, 2.45) is 5.73 Å². The predicted molar refractivity (Wildman–Crippen MR) is 92.2 cm³/mol. The normalized spacial score (nSPS) is 12.8. The molecule has 0 unspecified atom stereocenters. The van der Waals surface area contributed by atoms with Crippen LogP contribution in [0.25, 0.3) is 10.9 Å². The van der Waals surface area contributed by atoms with Crippen LogP contribution in [0.5, 0.6) is 0 Å². The monoisotopic (exact) mass is 372 g/mol. The Hall–Kier alpha value is -1.23. The summed E-state index contributed by atoms with van der Waals surface area (Å²) in [6.45, 7) is 0. The Balaban J connectivity index is 0.00000312. The molecule has 0 saturated heterocycles. The van der Waals surface area contributed by atoms with Gasteiger partial charge in [-0.25, -0.2) is 4.79 Å². The van der Waals surface area contributed by atoms with Crippen molar-refractivity contribution in [2.45, 2.75) is 31.3 Å². The number of carboxylic acid groups (broad SMARTS) is 2. The van der Waals surface area contributed by atoms with Crippen molar-refractivity contribution in [2.75, 3.05) is 0 Å². The second kappa shape index (κ2) is 10.0. The van der Waals surface area contributed by atoms with Gasteiger partial charge in [-0.1, -0.05) is 18.2 Å². The van der Waals surface area contributed by atoms with Crippen LogP contribution in [0.4, 0.5) is 0 Å². The van der Waals surface area contributed by atoms with Crippen LogP contribution in [0, 0.1) is 0 Å². The van der Waals surface area contributed by atoms with E-state index in [1.54, 1.807) is 6.20 Å². The molecule has 8 nitrogen and oxygen atoms in total. The number of carbonyl (C=O) groups is 3. The van der Waals surface area contributed by atoms with Crippen LogP contribution in [0.3, 0.4) is 0 Å². The number of rotatable bonds is 8. The van der Waals surface area contributed by atoms with Gasteiger partial charge in [-0.15, -0.1) is 0 Å². The first kappa shape index (κ1) is 21.8. The Kier molecular flexibility index (Phi) is 8.76. The standard InChI is InChI=1S/C16H19N3O5.K/c17-11(15(21)22)5-6-14(20)19-13(16(23)24)7-9-8-18-12-4-2-1-3-10(9)12;/h1-4,8,11,13,18H,5-7,17H2,(H,19,20)(H,21,22)(H,23,24);/t11-,13-;/m1./s1. The van der Waals surface area contributed by atoms with E-state index in [9.17, 15) is 19.5 Å². The van der Waals surface area contributed by atoms with Crippen molar-refractivity contribution in [3.63, 3.8) is 0 Å². The molecule has 0 spiro atoms. The Morgan fingerprint density at radius 3 is 2.48 bits per heavy atom. The summed E-state index contributed by atoms with van der Waals surface area (Å²) in [7, 11) is 0. The van der Waals surface area contributed by atoms with Gasteiger partial charge in [0.1, 0.15) is 12.1 Å². The summed E-state index contributed by atoms with van der Waals surface area (Å²) >= 11 is 0. The second-order valence-electron chi connectivity index (χ2n) is 5.51. The van der Waals surface area contributed by atoms with E-state index in [1.165, 1.54) is 0 Å². The van der Waals surface area contributed by atoms with E-state index in [2.05, 4.69) is 10.3 Å². The number of hydrogen-bond acceptors (Lipinski definition) is 4. The first-order chi connectivity index (χ1) is 11.4. The van der Waals surface area contributed by atoms with Crippen LogP contribution >= 0.6 is 0 Å². The van der Waals surface area contributed by atoms with Gasteiger partial charge in [0.05, 0.1) is 0 Å². The number of aromatic amines is 1. The smallest absolute Gasteiger partial charge is 0.326 e. The first-order valence-electron chi connectivity index (χ1n) is 7.44. The number of benzene rings is 1. The van der Waals surface area contributed by atoms with Crippen molar-refractivity contribution < 1.29 is 24.6 Å². The molecule has 0 aliphatic rings. The van der Waals surface area contributed by atoms with Crippen molar-refractivity contribution >= 4 is 80.1 Å². The van der Waals surface area contributed by atoms with Crippen LogP contribution in [0.2, 0.25) is 0 Å². The molecule has 0 saturated carbocycles. The molecule has 1 radical (unpaired) electrons. The fourth-order valence-electron chi connectivity index (χ4n) is 2.40. The van der Waals surface area contributed by atoms with Gasteiger partial charge < -0.3 is 26.2 Å². The second-order valence-corrected chi connectivity index (χ2v) is 5.51. The summed E-state index contributed by atoms with van der Waals surface area (Å²) in [6, 6.07) is 5.21. The summed E-state index contributed by atoms with van der Waals surface area (Å²) in [4.78, 5) is 36.9. The molecule has 25 heavy (non-hydrogen) atoms. The van der Waals surface area contributed by atoms with Gasteiger partial charge in [-0.3, -0.25) is 9.59 Å². The van der Waals surface area contributed by atoms with E-state index < -0.39 is 29.9 Å². The summed E-state index contributed by atoms with van der Waals surface area (Å²) < 4.78 is 0. The number of aliphatic carboxylic acids is 2. The van der Waals surface area contributed by atoms with Crippen molar-refractivity contribution in [3.8, 4) is 0 Å². The number of nitrogens with two attached hydrogens (primary N) is 1. The quantitative estimate of drug-likeness (QED) is 0.415. The number of amides is 1. The number of nitrogens with one attached hydrogen (secondary N) is 2. The maximum absolute atomic E-state index is 11.8. The van der Waals surface area contributed by atoms with Crippen molar-refractivity contribution in [1.82, 2.24) is 10.3 Å². The molecule has 0 aliphatic carbocycles. The average Bonchev–Trinajstić information content (AvgIpc) is 2.95. The maximum Gasteiger partial charge on any atom is 0.326 e. The number of hydrogen-bond donors (Lipinski definition) is 5. The van der Waals surface area contributed by atoms with Crippen molar-refractivity contribution in [3.05, 3.63) is 36.0 Å². The van der Waals surface area contributed by atoms with Crippen molar-refractivity contribution in [1.29, 1.82) is 0 Å². The molecule has 129 valence electrons. The summed E-state index contributed by atoms with van der Waals surface area (Å²) in [5.74, 6) is -2.90. The summed E-state index contributed by atoms with van der Waals surface area (Å²) in [5, 5.41) is 21.3. The third kappa shape index (κ3) is 6.21. The molecule has 1 aromatic carbocycles. The molecule has 1 amide bonds. The number of H-pyrrole nitrogens is 1. The van der Waals surface area contributed by atoms with Crippen LogP contribution in [0.15, 0.2) is 30.5 Å². The topological polar surface area (TPSA) is 146 Å². The van der Waals surface area contributed by atoms with Gasteiger partial charge in [-0.2, -0.15) is 0 Å². The van der Waals surface area contributed by atoms with Gasteiger partial charge in [-0.05, 0) is 18.1 Å². The molecule has 1 heterocycles. The predicted octanol–water partition coefficient (Wildman–Crippen LogP) is 0.0911. The van der Waals surface area contributed by atoms with Crippen LogP contribution < -0.4 is 11.1 Å². The number of para-hydroxylation sites is 1. The zero-order chi connectivity index (χ0) is 17.7. The fraction of sp³-hybridized carbons (Fsp3) is 0.312. The molecule has 1 aromatic heterocycles. The minimum absolute atomic E-state index is 0. The van der Waals surface area contributed by atoms with Gasteiger partial charge >= 0.3 is 11.9 Å². The summed E-state index contributed by atoms with van der Waals surface area (Å²) in [6.07, 6.45) is 1.63. The molecular weight excluding hydrogens is 353 g/mol. The number of carboxylic acids is 2. The zero-order valence-corrected chi connectivity index (χ0v) is 17.0. The Bertz CT molecular complexity index is 761. The molecular formula is C16H19KN3O5.